The van der Waals surface area contributed by atoms with E-state index in [0.29, 0.717) is 0 Å². The number of benzene rings is 6. The van der Waals surface area contributed by atoms with E-state index in [1.807, 2.05) is 12.1 Å². The molecule has 42 heavy (non-hydrogen) atoms. The largest absolute Gasteiger partial charge is 0.456 e. The molecule has 1 atom stereocenters. The van der Waals surface area contributed by atoms with Crippen molar-refractivity contribution in [3.05, 3.63) is 133 Å². The Kier molecular flexibility index (Phi) is 4.21. The normalized spacial score (nSPS) is 15.2. The molecule has 6 aromatic carbocycles. The van der Waals surface area contributed by atoms with Crippen molar-refractivity contribution in [3.8, 4) is 22.3 Å². The highest BCUT2D eigenvalue weighted by Crippen LogP contribution is 2.48. The van der Waals surface area contributed by atoms with Crippen molar-refractivity contribution in [3.63, 3.8) is 0 Å². The maximum atomic E-state index is 6.26. The second-order valence-corrected chi connectivity index (χ2v) is 11.3. The van der Waals surface area contributed by atoms with Crippen LogP contribution >= 0.6 is 0 Å². The van der Waals surface area contributed by atoms with Crippen molar-refractivity contribution < 1.29 is 4.42 Å². The molecule has 0 saturated carbocycles. The molecule has 0 saturated heterocycles. The summed E-state index contributed by atoms with van der Waals surface area (Å²) >= 11 is 0. The third-order valence-electron chi connectivity index (χ3n) is 8.95. The Labute approximate surface area is 241 Å². The lowest BCUT2D eigenvalue weighted by molar-refractivity contribution is 0.669. The third kappa shape index (κ3) is 2.93. The zero-order valence-corrected chi connectivity index (χ0v) is 22.5. The van der Waals surface area contributed by atoms with Crippen LogP contribution in [0.1, 0.15) is 11.6 Å². The summed E-state index contributed by atoms with van der Waals surface area (Å²) in [6.45, 7) is 0. The summed E-state index contributed by atoms with van der Waals surface area (Å²) in [7, 11) is 0. The molecule has 0 aliphatic carbocycles. The zero-order valence-electron chi connectivity index (χ0n) is 22.5. The highest BCUT2D eigenvalue weighted by molar-refractivity contribution is 6.22. The summed E-state index contributed by atoms with van der Waals surface area (Å²) in [5.74, 6) is 1.03. The van der Waals surface area contributed by atoms with Crippen molar-refractivity contribution in [1.29, 1.82) is 0 Å². The molecular formula is C38H23N3O. The molecule has 0 radical (unpaired) electrons. The molecule has 4 nitrogen and oxygen atoms in total. The van der Waals surface area contributed by atoms with Gasteiger partial charge in [-0.3, -0.25) is 4.57 Å². The van der Waals surface area contributed by atoms with Crippen LogP contribution in [0.15, 0.2) is 137 Å². The van der Waals surface area contributed by atoms with Gasteiger partial charge in [0.2, 0.25) is 0 Å². The van der Waals surface area contributed by atoms with Crippen LogP contribution in [-0.2, 0) is 0 Å². The SMILES string of the molecule is c1ccc(-c2ccc3c(c2)NC2C(=N3)n3c4ccccc4c4cc(-c5ccc6c(c5)oc5ccccc56)cc2c43)cc1. The van der Waals surface area contributed by atoms with Crippen LogP contribution in [0, 0.1) is 0 Å². The quantitative estimate of drug-likeness (QED) is 0.238. The minimum Gasteiger partial charge on any atom is -0.456 e. The van der Waals surface area contributed by atoms with Crippen LogP contribution < -0.4 is 5.32 Å². The van der Waals surface area contributed by atoms with Gasteiger partial charge in [0.15, 0.2) is 0 Å². The number of fused-ring (bicyclic) bond motifs is 10. The lowest BCUT2D eigenvalue weighted by Crippen LogP contribution is -2.24. The smallest absolute Gasteiger partial charge is 0.141 e. The fourth-order valence-electron chi connectivity index (χ4n) is 7.02. The zero-order chi connectivity index (χ0) is 27.4. The Bertz CT molecular complexity index is 2440. The van der Waals surface area contributed by atoms with Crippen molar-refractivity contribution in [2.24, 2.45) is 4.99 Å². The Hall–Kier alpha value is -5.61. The number of hydrogen-bond donors (Lipinski definition) is 1. The van der Waals surface area contributed by atoms with Crippen LogP contribution in [0.3, 0.4) is 0 Å². The molecule has 1 unspecified atom stereocenters. The van der Waals surface area contributed by atoms with Gasteiger partial charge >= 0.3 is 0 Å². The molecular weight excluding hydrogens is 514 g/mol. The molecule has 4 heterocycles. The predicted octanol–water partition coefficient (Wildman–Crippen LogP) is 10.1. The lowest BCUT2D eigenvalue weighted by Gasteiger charge is -2.24. The Morgan fingerprint density at radius 1 is 0.571 bits per heavy atom. The summed E-state index contributed by atoms with van der Waals surface area (Å²) < 4.78 is 8.62. The molecule has 8 aromatic rings. The first-order chi connectivity index (χ1) is 20.8. The first kappa shape index (κ1) is 22.1. The standard InChI is InChI=1S/C38H23N3O/c1-2-8-22(9-3-1)23-15-17-31-32(20-23)39-36-30-19-25(24-14-16-28-27-11-5-7-13-34(27)42-35(28)21-24)18-29-26-10-4-6-12-33(26)41(37(29)30)38(36)40-31/h1-21,36,39H. The molecule has 10 rings (SSSR count). The lowest BCUT2D eigenvalue weighted by atomic mass is 9.95. The molecule has 0 fully saturated rings. The summed E-state index contributed by atoms with van der Waals surface area (Å²) in [5, 5.41) is 8.67. The van der Waals surface area contributed by atoms with Crippen LogP contribution in [0.2, 0.25) is 0 Å². The molecule has 0 bridgehead atoms. The van der Waals surface area contributed by atoms with Gasteiger partial charge in [0.1, 0.15) is 23.0 Å². The van der Waals surface area contributed by atoms with E-state index in [1.54, 1.807) is 0 Å². The Morgan fingerprint density at radius 3 is 2.26 bits per heavy atom. The fourth-order valence-corrected chi connectivity index (χ4v) is 7.02. The van der Waals surface area contributed by atoms with Crippen LogP contribution in [0.4, 0.5) is 11.4 Å². The van der Waals surface area contributed by atoms with Crippen LogP contribution in [0.5, 0.6) is 0 Å². The maximum absolute atomic E-state index is 6.26. The molecule has 2 aliphatic heterocycles. The predicted molar refractivity (Wildman–Crippen MR) is 173 cm³/mol. The number of furan rings is 1. The van der Waals surface area contributed by atoms with Gasteiger partial charge in [-0.1, -0.05) is 78.9 Å². The van der Waals surface area contributed by atoms with E-state index in [4.69, 9.17) is 9.41 Å². The van der Waals surface area contributed by atoms with Gasteiger partial charge in [0.25, 0.3) is 0 Å². The first-order valence-electron chi connectivity index (χ1n) is 14.3. The minimum atomic E-state index is -0.0412. The topological polar surface area (TPSA) is 42.5 Å². The maximum Gasteiger partial charge on any atom is 0.141 e. The van der Waals surface area contributed by atoms with Crippen LogP contribution in [0.25, 0.3) is 66.0 Å². The van der Waals surface area contributed by atoms with Gasteiger partial charge in [0.05, 0.1) is 22.4 Å². The van der Waals surface area contributed by atoms with E-state index in [1.165, 1.54) is 44.1 Å². The van der Waals surface area contributed by atoms with Gasteiger partial charge in [0, 0.05) is 27.1 Å². The molecule has 4 heteroatoms. The van der Waals surface area contributed by atoms with Crippen molar-refractivity contribution in [1.82, 2.24) is 4.57 Å². The minimum absolute atomic E-state index is 0.0412. The highest BCUT2D eigenvalue weighted by atomic mass is 16.3. The van der Waals surface area contributed by atoms with Crippen molar-refractivity contribution in [2.75, 3.05) is 5.32 Å². The summed E-state index contributed by atoms with van der Waals surface area (Å²) in [6.07, 6.45) is 0. The fraction of sp³-hybridized carbons (Fsp3) is 0.0263. The van der Waals surface area contributed by atoms with E-state index < -0.39 is 0 Å². The van der Waals surface area contributed by atoms with E-state index in [0.717, 1.165) is 44.7 Å². The number of aromatic nitrogens is 1. The first-order valence-corrected chi connectivity index (χ1v) is 14.3. The van der Waals surface area contributed by atoms with E-state index >= 15 is 0 Å². The second-order valence-electron chi connectivity index (χ2n) is 11.3. The monoisotopic (exact) mass is 537 g/mol. The molecule has 0 spiro atoms. The Morgan fingerprint density at radius 2 is 1.33 bits per heavy atom. The van der Waals surface area contributed by atoms with Gasteiger partial charge < -0.3 is 9.73 Å². The molecule has 2 aliphatic rings. The molecule has 2 aromatic heterocycles. The van der Waals surface area contributed by atoms with Gasteiger partial charge in [-0.2, -0.15) is 0 Å². The van der Waals surface area contributed by atoms with E-state index in [9.17, 15) is 0 Å². The van der Waals surface area contributed by atoms with Gasteiger partial charge in [-0.25, -0.2) is 4.99 Å². The highest BCUT2D eigenvalue weighted by Gasteiger charge is 2.36. The average Bonchev–Trinajstić information content (AvgIpc) is 3.69. The number of anilines is 1. The number of nitrogens with zero attached hydrogens (tertiary/aromatic N) is 2. The van der Waals surface area contributed by atoms with E-state index in [-0.39, 0.29) is 6.04 Å². The van der Waals surface area contributed by atoms with Gasteiger partial charge in [-0.05, 0) is 70.8 Å². The molecule has 196 valence electrons. The number of para-hydroxylation sites is 2. The number of aliphatic imine (C=N–C) groups is 1. The average molecular weight is 538 g/mol. The summed E-state index contributed by atoms with van der Waals surface area (Å²) in [6, 6.07) is 45.2. The van der Waals surface area contributed by atoms with Gasteiger partial charge in [-0.15, -0.1) is 0 Å². The molecule has 0 amide bonds. The number of hydrogen-bond acceptors (Lipinski definition) is 3. The number of rotatable bonds is 2. The van der Waals surface area contributed by atoms with Crippen molar-refractivity contribution in [2.45, 2.75) is 6.04 Å². The third-order valence-corrected chi connectivity index (χ3v) is 8.95. The Balaban J connectivity index is 1.18. The van der Waals surface area contributed by atoms with E-state index in [2.05, 4.69) is 125 Å². The molecule has 1 N–H and O–H groups in total. The summed E-state index contributed by atoms with van der Waals surface area (Å²) in [4.78, 5) is 5.27. The summed E-state index contributed by atoms with van der Waals surface area (Å²) in [5.41, 5.74) is 12.2. The number of nitrogens with one attached hydrogen (secondary N) is 1. The van der Waals surface area contributed by atoms with Crippen molar-refractivity contribution >= 4 is 61.0 Å². The second kappa shape index (κ2) is 7.99. The van der Waals surface area contributed by atoms with Crippen LogP contribution in [-0.4, -0.2) is 10.4 Å².